The summed E-state index contributed by atoms with van der Waals surface area (Å²) in [6, 6.07) is 3.40. The van der Waals surface area contributed by atoms with Gasteiger partial charge >= 0.3 is 5.97 Å². The number of carbonyl (C=O) groups excluding carboxylic acids is 2. The second kappa shape index (κ2) is 6.88. The molecule has 0 bridgehead atoms. The quantitative estimate of drug-likeness (QED) is 0.636. The highest BCUT2D eigenvalue weighted by Gasteiger charge is 2.20. The molecule has 1 amide bonds. The minimum absolute atomic E-state index is 0.0893. The van der Waals surface area contributed by atoms with Gasteiger partial charge in [0.2, 0.25) is 0 Å². The first kappa shape index (κ1) is 15.9. The largest absolute Gasteiger partial charge is 0.449 e. The predicted molar refractivity (Wildman–Crippen MR) is 73.5 cm³/mol. The minimum atomic E-state index is -0.969. The van der Waals surface area contributed by atoms with Crippen LogP contribution >= 0.6 is 0 Å². The standard InChI is InChI=1S/C14H19FN2O3/c1-8(2)7-17-13(18)9(3)20-14(19)11-6-10(15)4-5-12(11)16/h4-6,8-9H,7,16H2,1-3H3,(H,17,18). The zero-order valence-corrected chi connectivity index (χ0v) is 11.8. The minimum Gasteiger partial charge on any atom is -0.449 e. The van der Waals surface area contributed by atoms with E-state index in [1.807, 2.05) is 13.8 Å². The van der Waals surface area contributed by atoms with Gasteiger partial charge in [0.15, 0.2) is 6.10 Å². The van der Waals surface area contributed by atoms with E-state index in [4.69, 9.17) is 10.5 Å². The van der Waals surface area contributed by atoms with Crippen molar-refractivity contribution in [3.63, 3.8) is 0 Å². The third-order valence-corrected chi connectivity index (χ3v) is 2.57. The second-order valence-electron chi connectivity index (χ2n) is 4.92. The van der Waals surface area contributed by atoms with E-state index in [9.17, 15) is 14.0 Å². The molecule has 0 aliphatic rings. The van der Waals surface area contributed by atoms with Crippen molar-refractivity contribution in [3.8, 4) is 0 Å². The Hall–Kier alpha value is -2.11. The molecule has 1 rings (SSSR count). The van der Waals surface area contributed by atoms with Crippen LogP contribution in [-0.4, -0.2) is 24.5 Å². The van der Waals surface area contributed by atoms with E-state index < -0.39 is 23.8 Å². The first-order chi connectivity index (χ1) is 9.31. The van der Waals surface area contributed by atoms with Crippen molar-refractivity contribution < 1.29 is 18.7 Å². The lowest BCUT2D eigenvalue weighted by Gasteiger charge is -2.15. The van der Waals surface area contributed by atoms with Gasteiger partial charge in [-0.25, -0.2) is 9.18 Å². The van der Waals surface area contributed by atoms with Gasteiger partial charge in [0, 0.05) is 12.2 Å². The Balaban J connectivity index is 2.65. The number of hydrogen-bond donors (Lipinski definition) is 2. The van der Waals surface area contributed by atoms with Crippen molar-refractivity contribution in [2.75, 3.05) is 12.3 Å². The molecule has 1 aromatic rings. The Kier molecular flexibility index (Phi) is 5.49. The lowest BCUT2D eigenvalue weighted by atomic mass is 10.2. The Morgan fingerprint density at radius 2 is 2.00 bits per heavy atom. The zero-order chi connectivity index (χ0) is 15.3. The van der Waals surface area contributed by atoms with E-state index in [2.05, 4.69) is 5.32 Å². The van der Waals surface area contributed by atoms with Crippen LogP contribution in [0.2, 0.25) is 0 Å². The number of ether oxygens (including phenoxy) is 1. The highest BCUT2D eigenvalue weighted by Crippen LogP contribution is 2.15. The number of nitrogen functional groups attached to an aromatic ring is 1. The van der Waals surface area contributed by atoms with Crippen LogP contribution in [0.4, 0.5) is 10.1 Å². The molecule has 0 aliphatic heterocycles. The Morgan fingerprint density at radius 3 is 2.60 bits per heavy atom. The van der Waals surface area contributed by atoms with E-state index in [0.29, 0.717) is 12.5 Å². The number of nitrogens with one attached hydrogen (secondary N) is 1. The maximum Gasteiger partial charge on any atom is 0.341 e. The first-order valence-electron chi connectivity index (χ1n) is 6.35. The van der Waals surface area contributed by atoms with Crippen molar-refractivity contribution in [3.05, 3.63) is 29.6 Å². The SMILES string of the molecule is CC(C)CNC(=O)C(C)OC(=O)c1cc(F)ccc1N. The van der Waals surface area contributed by atoms with Crippen molar-refractivity contribution in [2.45, 2.75) is 26.9 Å². The number of esters is 1. The fourth-order valence-corrected chi connectivity index (χ4v) is 1.43. The molecule has 3 N–H and O–H groups in total. The number of carbonyl (C=O) groups is 2. The molecule has 110 valence electrons. The van der Waals surface area contributed by atoms with Crippen LogP contribution < -0.4 is 11.1 Å². The molecule has 0 radical (unpaired) electrons. The molecule has 0 aromatic heterocycles. The summed E-state index contributed by atoms with van der Waals surface area (Å²) < 4.78 is 18.0. The molecule has 20 heavy (non-hydrogen) atoms. The lowest BCUT2D eigenvalue weighted by molar-refractivity contribution is -0.129. The van der Waals surface area contributed by atoms with E-state index in [1.165, 1.54) is 13.0 Å². The van der Waals surface area contributed by atoms with Gasteiger partial charge < -0.3 is 15.8 Å². The molecule has 1 unspecified atom stereocenters. The van der Waals surface area contributed by atoms with Crippen LogP contribution in [0, 0.1) is 11.7 Å². The molecule has 0 spiro atoms. The topological polar surface area (TPSA) is 81.4 Å². The molecule has 5 nitrogen and oxygen atoms in total. The highest BCUT2D eigenvalue weighted by molar-refractivity contribution is 5.96. The molecule has 0 aliphatic carbocycles. The molecule has 0 heterocycles. The van der Waals surface area contributed by atoms with Crippen LogP contribution in [0.3, 0.4) is 0 Å². The summed E-state index contributed by atoms with van der Waals surface area (Å²) in [7, 11) is 0. The summed E-state index contributed by atoms with van der Waals surface area (Å²) >= 11 is 0. The molecule has 0 saturated carbocycles. The Labute approximate surface area is 117 Å². The summed E-state index contributed by atoms with van der Waals surface area (Å²) in [6.45, 7) is 5.83. The number of anilines is 1. The van der Waals surface area contributed by atoms with Crippen molar-refractivity contribution in [1.82, 2.24) is 5.32 Å². The molecule has 1 atom stereocenters. The molecule has 6 heteroatoms. The van der Waals surface area contributed by atoms with Gasteiger partial charge in [-0.05, 0) is 31.0 Å². The third-order valence-electron chi connectivity index (χ3n) is 2.57. The van der Waals surface area contributed by atoms with Crippen molar-refractivity contribution >= 4 is 17.6 Å². The van der Waals surface area contributed by atoms with E-state index >= 15 is 0 Å². The predicted octanol–water partition coefficient (Wildman–Crippen LogP) is 1.73. The highest BCUT2D eigenvalue weighted by atomic mass is 19.1. The van der Waals surface area contributed by atoms with Gasteiger partial charge in [-0.15, -0.1) is 0 Å². The summed E-state index contributed by atoms with van der Waals surface area (Å²) in [5, 5.41) is 2.64. The van der Waals surface area contributed by atoms with Crippen LogP contribution in [-0.2, 0) is 9.53 Å². The van der Waals surface area contributed by atoms with Crippen molar-refractivity contribution in [2.24, 2.45) is 5.92 Å². The maximum atomic E-state index is 13.1. The average molecular weight is 282 g/mol. The number of amides is 1. The number of rotatable bonds is 5. The monoisotopic (exact) mass is 282 g/mol. The summed E-state index contributed by atoms with van der Waals surface area (Å²) in [5.74, 6) is -1.53. The lowest BCUT2D eigenvalue weighted by Crippen LogP contribution is -2.37. The van der Waals surface area contributed by atoms with Gasteiger partial charge in [0.25, 0.3) is 5.91 Å². The maximum absolute atomic E-state index is 13.1. The number of hydrogen-bond acceptors (Lipinski definition) is 4. The smallest absolute Gasteiger partial charge is 0.341 e. The van der Waals surface area contributed by atoms with Crippen molar-refractivity contribution in [1.29, 1.82) is 0 Å². The van der Waals surface area contributed by atoms with E-state index in [0.717, 1.165) is 12.1 Å². The normalized spacial score (nSPS) is 12.1. The van der Waals surface area contributed by atoms with Crippen LogP contribution in [0.15, 0.2) is 18.2 Å². The van der Waals surface area contributed by atoms with Gasteiger partial charge in [-0.3, -0.25) is 4.79 Å². The summed E-state index contributed by atoms with van der Waals surface area (Å²) in [4.78, 5) is 23.5. The molecule has 0 saturated heterocycles. The van der Waals surface area contributed by atoms with Crippen LogP contribution in [0.5, 0.6) is 0 Å². The number of benzene rings is 1. The summed E-state index contributed by atoms with van der Waals surface area (Å²) in [5.41, 5.74) is 5.59. The molecular weight excluding hydrogens is 263 g/mol. The van der Waals surface area contributed by atoms with Crippen LogP contribution in [0.1, 0.15) is 31.1 Å². The fourth-order valence-electron chi connectivity index (χ4n) is 1.43. The fraction of sp³-hybridized carbons (Fsp3) is 0.429. The first-order valence-corrected chi connectivity index (χ1v) is 6.35. The van der Waals surface area contributed by atoms with E-state index in [1.54, 1.807) is 0 Å². The zero-order valence-electron chi connectivity index (χ0n) is 11.8. The van der Waals surface area contributed by atoms with Gasteiger partial charge in [0.05, 0.1) is 5.56 Å². The van der Waals surface area contributed by atoms with Gasteiger partial charge in [-0.1, -0.05) is 13.8 Å². The molecule has 1 aromatic carbocycles. The van der Waals surface area contributed by atoms with Gasteiger partial charge in [0.1, 0.15) is 5.82 Å². The Morgan fingerprint density at radius 1 is 1.35 bits per heavy atom. The number of nitrogens with two attached hydrogens (primary N) is 1. The number of halogens is 1. The Bertz CT molecular complexity index is 503. The van der Waals surface area contributed by atoms with E-state index in [-0.39, 0.29) is 11.3 Å². The second-order valence-corrected chi connectivity index (χ2v) is 4.92. The average Bonchev–Trinajstić information content (AvgIpc) is 2.38. The molecular formula is C14H19FN2O3. The van der Waals surface area contributed by atoms with Gasteiger partial charge in [-0.2, -0.15) is 0 Å². The molecule has 0 fully saturated rings. The third kappa shape index (κ3) is 4.53. The summed E-state index contributed by atoms with van der Waals surface area (Å²) in [6.07, 6.45) is -0.969. The van der Waals surface area contributed by atoms with Crippen LogP contribution in [0.25, 0.3) is 0 Å².